The molecule has 0 aliphatic carbocycles. The van der Waals surface area contributed by atoms with Crippen LogP contribution >= 0.6 is 22.9 Å². The molecule has 0 atom stereocenters. The SMILES string of the molecule is CCOC(=O)N=CN1CCN(I)CC1. The lowest BCUT2D eigenvalue weighted by molar-refractivity contribution is 0.163. The fourth-order valence-electron chi connectivity index (χ4n) is 1.10. The van der Waals surface area contributed by atoms with Crippen molar-refractivity contribution >= 4 is 35.3 Å². The summed E-state index contributed by atoms with van der Waals surface area (Å²) >= 11 is 2.29. The molecule has 80 valence electrons. The van der Waals surface area contributed by atoms with Crippen LogP contribution in [0.3, 0.4) is 0 Å². The lowest BCUT2D eigenvalue weighted by Gasteiger charge is -2.29. The van der Waals surface area contributed by atoms with Crippen LogP contribution in [0.1, 0.15) is 6.92 Å². The Labute approximate surface area is 97.6 Å². The Morgan fingerprint density at radius 2 is 2.14 bits per heavy atom. The standard InChI is InChI=1S/C8H14IN3O2/c1-2-14-8(13)10-7-11-3-5-12(9)6-4-11/h7H,2-6H2,1H3. The molecule has 1 heterocycles. The predicted octanol–water partition coefficient (Wildman–Crippen LogP) is 1.14. The Morgan fingerprint density at radius 1 is 1.50 bits per heavy atom. The number of rotatable bonds is 2. The number of carbonyl (C=O) groups is 1. The smallest absolute Gasteiger partial charge is 0.434 e. The van der Waals surface area contributed by atoms with E-state index in [9.17, 15) is 4.79 Å². The number of carbonyl (C=O) groups excluding carboxylic acids is 1. The zero-order valence-corrected chi connectivity index (χ0v) is 10.3. The van der Waals surface area contributed by atoms with Crippen molar-refractivity contribution in [3.63, 3.8) is 0 Å². The highest BCUT2D eigenvalue weighted by Crippen LogP contribution is 2.04. The first-order valence-corrected chi connectivity index (χ1v) is 5.54. The molecule has 0 radical (unpaired) electrons. The van der Waals surface area contributed by atoms with Crippen LogP contribution in [-0.2, 0) is 4.74 Å². The van der Waals surface area contributed by atoms with Gasteiger partial charge in [-0.2, -0.15) is 4.99 Å². The number of piperazine rings is 1. The Kier molecular flexibility index (Phi) is 5.16. The summed E-state index contributed by atoms with van der Waals surface area (Å²) in [6, 6.07) is 0. The molecule has 0 unspecified atom stereocenters. The van der Waals surface area contributed by atoms with Gasteiger partial charge in [-0.15, -0.1) is 0 Å². The summed E-state index contributed by atoms with van der Waals surface area (Å²) < 4.78 is 6.89. The summed E-state index contributed by atoms with van der Waals surface area (Å²) in [6.45, 7) is 5.95. The summed E-state index contributed by atoms with van der Waals surface area (Å²) in [5, 5.41) is 0. The number of amides is 1. The molecular formula is C8H14IN3O2. The molecule has 0 aromatic heterocycles. The lowest BCUT2D eigenvalue weighted by atomic mass is 10.4. The van der Waals surface area contributed by atoms with Crippen LogP contribution in [0.5, 0.6) is 0 Å². The Balaban J connectivity index is 2.26. The van der Waals surface area contributed by atoms with E-state index < -0.39 is 6.09 Å². The molecule has 1 aliphatic heterocycles. The molecule has 0 aromatic carbocycles. The van der Waals surface area contributed by atoms with Gasteiger partial charge >= 0.3 is 6.09 Å². The molecule has 1 saturated heterocycles. The van der Waals surface area contributed by atoms with Gasteiger partial charge in [0.1, 0.15) is 0 Å². The first kappa shape index (κ1) is 11.7. The molecule has 1 rings (SSSR count). The van der Waals surface area contributed by atoms with E-state index >= 15 is 0 Å². The van der Waals surface area contributed by atoms with Gasteiger partial charge in [0.25, 0.3) is 0 Å². The highest BCUT2D eigenvalue weighted by molar-refractivity contribution is 14.1. The van der Waals surface area contributed by atoms with Gasteiger partial charge in [0.15, 0.2) is 0 Å². The van der Waals surface area contributed by atoms with E-state index in [0.29, 0.717) is 6.61 Å². The van der Waals surface area contributed by atoms with Crippen molar-refractivity contribution in [1.82, 2.24) is 8.01 Å². The van der Waals surface area contributed by atoms with Crippen molar-refractivity contribution in [2.45, 2.75) is 6.92 Å². The second-order valence-corrected chi connectivity index (χ2v) is 4.25. The minimum absolute atomic E-state index is 0.373. The minimum atomic E-state index is -0.510. The van der Waals surface area contributed by atoms with Crippen molar-refractivity contribution in [2.24, 2.45) is 4.99 Å². The highest BCUT2D eigenvalue weighted by Gasteiger charge is 2.11. The topological polar surface area (TPSA) is 45.1 Å². The average Bonchev–Trinajstić information content (AvgIpc) is 2.17. The maximum absolute atomic E-state index is 10.9. The maximum Gasteiger partial charge on any atom is 0.434 e. The molecular weight excluding hydrogens is 297 g/mol. The van der Waals surface area contributed by atoms with Gasteiger partial charge in [0, 0.05) is 49.0 Å². The Hall–Kier alpha value is -0.370. The Morgan fingerprint density at radius 3 is 2.71 bits per heavy atom. The van der Waals surface area contributed by atoms with E-state index in [0.717, 1.165) is 26.2 Å². The van der Waals surface area contributed by atoms with Gasteiger partial charge in [0.05, 0.1) is 12.9 Å². The zero-order chi connectivity index (χ0) is 10.4. The molecule has 0 saturated carbocycles. The maximum atomic E-state index is 10.9. The monoisotopic (exact) mass is 311 g/mol. The van der Waals surface area contributed by atoms with Gasteiger partial charge in [-0.05, 0) is 6.92 Å². The van der Waals surface area contributed by atoms with Crippen LogP contribution < -0.4 is 0 Å². The summed E-state index contributed by atoms with van der Waals surface area (Å²) in [7, 11) is 0. The number of hydrogen-bond acceptors (Lipinski definition) is 3. The van der Waals surface area contributed by atoms with E-state index in [2.05, 4.69) is 35.7 Å². The number of hydrogen-bond donors (Lipinski definition) is 0. The van der Waals surface area contributed by atoms with E-state index in [1.54, 1.807) is 13.3 Å². The van der Waals surface area contributed by atoms with Gasteiger partial charge in [-0.25, -0.2) is 7.91 Å². The van der Waals surface area contributed by atoms with Gasteiger partial charge in [0.2, 0.25) is 0 Å². The number of ether oxygens (including phenoxy) is 1. The van der Waals surface area contributed by atoms with Gasteiger partial charge < -0.3 is 9.64 Å². The lowest BCUT2D eigenvalue weighted by Crippen LogP contribution is -2.41. The minimum Gasteiger partial charge on any atom is -0.448 e. The number of aliphatic imine (C=N–C) groups is 1. The molecule has 1 fully saturated rings. The fourth-order valence-corrected chi connectivity index (χ4v) is 1.53. The zero-order valence-electron chi connectivity index (χ0n) is 8.15. The van der Waals surface area contributed by atoms with Crippen LogP contribution in [0.15, 0.2) is 4.99 Å². The third-order valence-corrected chi connectivity index (χ3v) is 2.82. The van der Waals surface area contributed by atoms with E-state index in [1.807, 2.05) is 4.90 Å². The summed E-state index contributed by atoms with van der Waals surface area (Å²) in [5.41, 5.74) is 0. The molecule has 5 nitrogen and oxygen atoms in total. The van der Waals surface area contributed by atoms with E-state index in [1.165, 1.54) is 0 Å². The normalized spacial score (nSPS) is 18.9. The predicted molar refractivity (Wildman–Crippen MR) is 62.7 cm³/mol. The molecule has 1 amide bonds. The molecule has 1 aliphatic rings. The number of nitrogens with zero attached hydrogens (tertiary/aromatic N) is 3. The quantitative estimate of drug-likeness (QED) is 0.332. The molecule has 6 heteroatoms. The first-order valence-electron chi connectivity index (χ1n) is 4.58. The second kappa shape index (κ2) is 6.18. The largest absolute Gasteiger partial charge is 0.448 e. The van der Waals surface area contributed by atoms with Crippen LogP contribution in [0, 0.1) is 0 Å². The van der Waals surface area contributed by atoms with Crippen molar-refractivity contribution in [2.75, 3.05) is 32.8 Å². The summed E-state index contributed by atoms with van der Waals surface area (Å²) in [6.07, 6.45) is 1.06. The summed E-state index contributed by atoms with van der Waals surface area (Å²) in [4.78, 5) is 16.6. The number of halogens is 1. The fraction of sp³-hybridized carbons (Fsp3) is 0.750. The highest BCUT2D eigenvalue weighted by atomic mass is 127. The Bertz CT molecular complexity index is 215. The van der Waals surface area contributed by atoms with E-state index in [-0.39, 0.29) is 0 Å². The van der Waals surface area contributed by atoms with Crippen LogP contribution in [0.25, 0.3) is 0 Å². The second-order valence-electron chi connectivity index (χ2n) is 2.89. The van der Waals surface area contributed by atoms with Crippen LogP contribution in [-0.4, -0.2) is 53.2 Å². The van der Waals surface area contributed by atoms with Crippen LogP contribution in [0.2, 0.25) is 0 Å². The third-order valence-electron chi connectivity index (χ3n) is 1.85. The molecule has 0 spiro atoms. The van der Waals surface area contributed by atoms with Crippen molar-refractivity contribution in [3.8, 4) is 0 Å². The van der Waals surface area contributed by atoms with Gasteiger partial charge in [-0.1, -0.05) is 0 Å². The van der Waals surface area contributed by atoms with Crippen molar-refractivity contribution in [3.05, 3.63) is 0 Å². The molecule has 0 bridgehead atoms. The summed E-state index contributed by atoms with van der Waals surface area (Å²) in [5.74, 6) is 0. The first-order chi connectivity index (χ1) is 6.72. The van der Waals surface area contributed by atoms with Crippen LogP contribution in [0.4, 0.5) is 4.79 Å². The third kappa shape index (κ3) is 4.23. The van der Waals surface area contributed by atoms with Crippen molar-refractivity contribution < 1.29 is 9.53 Å². The van der Waals surface area contributed by atoms with E-state index in [4.69, 9.17) is 0 Å². The molecule has 14 heavy (non-hydrogen) atoms. The molecule has 0 aromatic rings. The average molecular weight is 311 g/mol. The van der Waals surface area contributed by atoms with Crippen molar-refractivity contribution in [1.29, 1.82) is 0 Å². The van der Waals surface area contributed by atoms with Gasteiger partial charge in [-0.3, -0.25) is 0 Å². The molecule has 0 N–H and O–H groups in total.